The fourth-order valence-corrected chi connectivity index (χ4v) is 2.41. The Hall–Kier alpha value is -1.21. The van der Waals surface area contributed by atoms with Crippen LogP contribution in [-0.2, 0) is 9.59 Å². The number of nitrogens with two attached hydrogens (primary N) is 2. The number of carbonyl (C=O) groups is 2. The molecular formula is C8H13N3O3S. The van der Waals surface area contributed by atoms with Gasteiger partial charge in [-0.3, -0.25) is 9.59 Å². The molecule has 0 radical (unpaired) electrons. The number of amides is 2. The van der Waals surface area contributed by atoms with Crippen molar-refractivity contribution in [2.45, 2.75) is 24.3 Å². The Morgan fingerprint density at radius 1 is 1.67 bits per heavy atom. The highest BCUT2D eigenvalue weighted by Gasteiger charge is 2.42. The number of rotatable bonds is 4. The SMILES string of the molecule is CC(O)CC1(C(N)=O)NC(C(N)=O)=CS1. The van der Waals surface area contributed by atoms with Crippen LogP contribution < -0.4 is 16.8 Å². The van der Waals surface area contributed by atoms with Crippen molar-refractivity contribution < 1.29 is 14.7 Å². The van der Waals surface area contributed by atoms with E-state index in [1.807, 2.05) is 0 Å². The number of nitrogens with one attached hydrogen (secondary N) is 1. The zero-order valence-corrected chi connectivity index (χ0v) is 9.00. The maximum Gasteiger partial charge on any atom is 0.265 e. The van der Waals surface area contributed by atoms with Crippen molar-refractivity contribution in [3.8, 4) is 0 Å². The number of aliphatic hydroxyl groups is 1. The summed E-state index contributed by atoms with van der Waals surface area (Å²) in [5.74, 6) is -1.29. The maximum atomic E-state index is 11.3. The van der Waals surface area contributed by atoms with Crippen molar-refractivity contribution in [1.29, 1.82) is 0 Å². The quantitative estimate of drug-likeness (QED) is 0.474. The van der Waals surface area contributed by atoms with E-state index in [0.29, 0.717) is 0 Å². The molecule has 2 unspecified atom stereocenters. The van der Waals surface area contributed by atoms with Crippen LogP contribution in [0.15, 0.2) is 11.1 Å². The van der Waals surface area contributed by atoms with Crippen LogP contribution in [0.25, 0.3) is 0 Å². The summed E-state index contributed by atoms with van der Waals surface area (Å²) >= 11 is 1.05. The molecule has 0 aromatic rings. The monoisotopic (exact) mass is 231 g/mol. The van der Waals surface area contributed by atoms with E-state index in [-0.39, 0.29) is 12.1 Å². The fourth-order valence-electron chi connectivity index (χ4n) is 1.29. The second kappa shape index (κ2) is 4.11. The van der Waals surface area contributed by atoms with Crippen LogP contribution >= 0.6 is 11.8 Å². The topological polar surface area (TPSA) is 118 Å². The Labute approximate surface area is 91.1 Å². The van der Waals surface area contributed by atoms with Gasteiger partial charge in [0, 0.05) is 11.8 Å². The molecule has 1 aliphatic heterocycles. The molecule has 1 heterocycles. The summed E-state index contributed by atoms with van der Waals surface area (Å²) in [6.07, 6.45) is -0.599. The molecule has 15 heavy (non-hydrogen) atoms. The molecule has 0 aromatic heterocycles. The molecule has 0 bridgehead atoms. The molecule has 84 valence electrons. The molecule has 6 nitrogen and oxygen atoms in total. The number of thioether (sulfide) groups is 1. The van der Waals surface area contributed by atoms with Crippen LogP contribution in [0.3, 0.4) is 0 Å². The van der Waals surface area contributed by atoms with Crippen molar-refractivity contribution >= 4 is 23.6 Å². The lowest BCUT2D eigenvalue weighted by Gasteiger charge is -2.27. The van der Waals surface area contributed by atoms with Crippen molar-refractivity contribution in [3.05, 3.63) is 11.1 Å². The molecule has 2 atom stereocenters. The Kier molecular flexibility index (Phi) is 3.25. The van der Waals surface area contributed by atoms with E-state index in [0.717, 1.165) is 11.8 Å². The molecule has 0 aliphatic carbocycles. The van der Waals surface area contributed by atoms with Gasteiger partial charge in [0.05, 0.1) is 6.10 Å². The summed E-state index contributed by atoms with van der Waals surface area (Å²) < 4.78 is 0. The van der Waals surface area contributed by atoms with E-state index < -0.39 is 22.8 Å². The lowest BCUT2D eigenvalue weighted by Crippen LogP contribution is -2.52. The van der Waals surface area contributed by atoms with E-state index in [9.17, 15) is 14.7 Å². The Morgan fingerprint density at radius 2 is 2.27 bits per heavy atom. The zero-order valence-electron chi connectivity index (χ0n) is 8.19. The summed E-state index contributed by atoms with van der Waals surface area (Å²) in [7, 11) is 0. The second-order valence-corrected chi connectivity index (χ2v) is 4.55. The summed E-state index contributed by atoms with van der Waals surface area (Å²) in [5, 5.41) is 13.3. The highest BCUT2D eigenvalue weighted by molar-refractivity contribution is 8.04. The van der Waals surface area contributed by atoms with E-state index in [1.165, 1.54) is 12.3 Å². The van der Waals surface area contributed by atoms with Gasteiger partial charge in [-0.1, -0.05) is 11.8 Å². The fraction of sp³-hybridized carbons (Fsp3) is 0.500. The summed E-state index contributed by atoms with van der Waals surface area (Å²) in [6.45, 7) is 1.54. The molecule has 0 spiro atoms. The minimum absolute atomic E-state index is 0.111. The minimum atomic E-state index is -1.17. The third kappa shape index (κ3) is 2.42. The summed E-state index contributed by atoms with van der Waals surface area (Å²) in [6, 6.07) is 0. The first-order chi connectivity index (χ1) is 6.87. The number of carbonyl (C=O) groups excluding carboxylic acids is 2. The number of hydrogen-bond donors (Lipinski definition) is 4. The smallest absolute Gasteiger partial charge is 0.265 e. The van der Waals surface area contributed by atoms with Crippen molar-refractivity contribution in [1.82, 2.24) is 5.32 Å². The van der Waals surface area contributed by atoms with Crippen LogP contribution in [0.2, 0.25) is 0 Å². The van der Waals surface area contributed by atoms with Crippen molar-refractivity contribution in [2.24, 2.45) is 11.5 Å². The van der Waals surface area contributed by atoms with Crippen LogP contribution in [0.5, 0.6) is 0 Å². The summed E-state index contributed by atoms with van der Waals surface area (Å²) in [5.41, 5.74) is 10.4. The number of hydrogen-bond acceptors (Lipinski definition) is 5. The van der Waals surface area contributed by atoms with Gasteiger partial charge in [-0.2, -0.15) is 0 Å². The van der Waals surface area contributed by atoms with Gasteiger partial charge in [0.25, 0.3) is 11.8 Å². The average Bonchev–Trinajstić information content (AvgIpc) is 2.48. The highest BCUT2D eigenvalue weighted by Crippen LogP contribution is 2.35. The molecule has 2 amide bonds. The summed E-state index contributed by atoms with van der Waals surface area (Å²) in [4.78, 5) is 21.0. The third-order valence-electron chi connectivity index (χ3n) is 1.96. The zero-order chi connectivity index (χ0) is 11.6. The molecule has 1 aliphatic rings. The van der Waals surface area contributed by atoms with Crippen molar-refractivity contribution in [3.63, 3.8) is 0 Å². The average molecular weight is 231 g/mol. The van der Waals surface area contributed by atoms with Crippen LogP contribution in [0, 0.1) is 0 Å². The number of aliphatic hydroxyl groups excluding tert-OH is 1. The molecule has 6 N–H and O–H groups in total. The first-order valence-corrected chi connectivity index (χ1v) is 5.19. The maximum absolute atomic E-state index is 11.3. The van der Waals surface area contributed by atoms with Gasteiger partial charge >= 0.3 is 0 Å². The molecule has 0 saturated carbocycles. The Bertz CT molecular complexity index is 329. The van der Waals surface area contributed by atoms with Crippen LogP contribution in [0.1, 0.15) is 13.3 Å². The van der Waals surface area contributed by atoms with Crippen molar-refractivity contribution in [2.75, 3.05) is 0 Å². The molecule has 0 aromatic carbocycles. The Morgan fingerprint density at radius 3 is 2.60 bits per heavy atom. The van der Waals surface area contributed by atoms with E-state index in [2.05, 4.69) is 5.32 Å². The standard InChI is InChI=1S/C8H13N3O3S/c1-4(12)2-8(7(10)14)11-5(3-15-8)6(9)13/h3-4,11-12H,2H2,1H3,(H2,9,13)(H2,10,14). The van der Waals surface area contributed by atoms with Gasteiger partial charge < -0.3 is 21.9 Å². The molecule has 0 saturated heterocycles. The van der Waals surface area contributed by atoms with Crippen LogP contribution in [0.4, 0.5) is 0 Å². The highest BCUT2D eigenvalue weighted by atomic mass is 32.2. The Balaban J connectivity index is 2.82. The molecule has 7 heteroatoms. The first kappa shape index (κ1) is 11.9. The predicted molar refractivity (Wildman–Crippen MR) is 56.2 cm³/mol. The third-order valence-corrected chi connectivity index (χ3v) is 3.19. The van der Waals surface area contributed by atoms with Gasteiger partial charge in [0.2, 0.25) is 0 Å². The second-order valence-electron chi connectivity index (χ2n) is 3.38. The van der Waals surface area contributed by atoms with Gasteiger partial charge in [0.15, 0.2) is 4.87 Å². The normalized spacial score (nSPS) is 26.7. The van der Waals surface area contributed by atoms with Crippen LogP contribution in [-0.4, -0.2) is 27.9 Å². The van der Waals surface area contributed by atoms with E-state index in [1.54, 1.807) is 0 Å². The molecule has 1 rings (SSSR count). The van der Waals surface area contributed by atoms with Gasteiger partial charge in [-0.25, -0.2) is 0 Å². The van der Waals surface area contributed by atoms with E-state index in [4.69, 9.17) is 11.5 Å². The lowest BCUT2D eigenvalue weighted by molar-refractivity contribution is -0.121. The molecule has 0 fully saturated rings. The minimum Gasteiger partial charge on any atom is -0.393 e. The lowest BCUT2D eigenvalue weighted by atomic mass is 10.1. The first-order valence-electron chi connectivity index (χ1n) is 4.31. The molecular weight excluding hydrogens is 218 g/mol. The predicted octanol–water partition coefficient (Wildman–Crippen LogP) is -1.40. The van der Waals surface area contributed by atoms with Gasteiger partial charge in [-0.05, 0) is 6.92 Å². The van der Waals surface area contributed by atoms with Gasteiger partial charge in [0.1, 0.15) is 5.70 Å². The number of primary amides is 2. The largest absolute Gasteiger partial charge is 0.393 e. The van der Waals surface area contributed by atoms with E-state index >= 15 is 0 Å². The van der Waals surface area contributed by atoms with Gasteiger partial charge in [-0.15, -0.1) is 0 Å².